The molecule has 1 atom stereocenters. The van der Waals surface area contributed by atoms with Crippen LogP contribution in [0.1, 0.15) is 51.6 Å². The van der Waals surface area contributed by atoms with Crippen molar-refractivity contribution in [3.63, 3.8) is 0 Å². The van der Waals surface area contributed by atoms with E-state index in [4.69, 9.17) is 21.3 Å². The zero-order valence-electron chi connectivity index (χ0n) is 29.3. The van der Waals surface area contributed by atoms with E-state index in [1.54, 1.807) is 29.7 Å². The smallest absolute Gasteiger partial charge is 0.321 e. The Bertz CT molecular complexity index is 2430. The number of hydrogen-bond acceptors (Lipinski definition) is 10. The number of carbonyl (C=O) groups is 2. The number of rotatable bonds is 9. The van der Waals surface area contributed by atoms with Gasteiger partial charge in [0.05, 0.1) is 35.0 Å². The van der Waals surface area contributed by atoms with Crippen LogP contribution < -0.4 is 15.8 Å². The summed E-state index contributed by atoms with van der Waals surface area (Å²) in [4.78, 5) is 57.3. The number of nitrogens with zero attached hydrogens (tertiary/aromatic N) is 8. The molecule has 2 aromatic carbocycles. The van der Waals surface area contributed by atoms with Crippen molar-refractivity contribution in [3.05, 3.63) is 104 Å². The minimum atomic E-state index is -3.17. The molecule has 0 saturated carbocycles. The summed E-state index contributed by atoms with van der Waals surface area (Å²) in [5.41, 5.74) is 2.28. The number of ether oxygens (including phenoxy) is 1. The zero-order chi connectivity index (χ0) is 39.2. The van der Waals surface area contributed by atoms with Gasteiger partial charge in [0.25, 0.3) is 11.5 Å². The van der Waals surface area contributed by atoms with E-state index in [9.17, 15) is 32.7 Å². The molecular weight excluding hydrogens is 858 g/mol. The predicted molar refractivity (Wildman–Crippen MR) is 204 cm³/mol. The molecule has 2 aliphatic heterocycles. The second-order valence-electron chi connectivity index (χ2n) is 12.8. The molecule has 55 heavy (non-hydrogen) atoms. The third-order valence-electron chi connectivity index (χ3n) is 9.50. The first-order valence-corrected chi connectivity index (χ1v) is 18.5. The van der Waals surface area contributed by atoms with Gasteiger partial charge in [-0.3, -0.25) is 14.4 Å². The minimum Gasteiger partial charge on any atom is -0.504 e. The summed E-state index contributed by atoms with van der Waals surface area (Å²) >= 11 is 7.29. The Hall–Kier alpha value is -5.08. The number of hydrogen-bond donors (Lipinski definition) is 2. The SMILES string of the molecule is CCc1c(N2CCN(C(=O)c3ncnc(C)c3O)CC2)c(=O)n2nc(-c3ccc4c(c3)COC4/C=C\F)nc2n1CC(=O)Nc1ccc(C(F)(F)I)cc1Cl. The summed E-state index contributed by atoms with van der Waals surface area (Å²) in [6.07, 6.45) is 2.68. The summed E-state index contributed by atoms with van der Waals surface area (Å²) in [7, 11) is 0. The number of aromatic nitrogens is 6. The van der Waals surface area contributed by atoms with Gasteiger partial charge in [-0.1, -0.05) is 36.7 Å². The molecule has 5 heterocycles. The van der Waals surface area contributed by atoms with Crippen LogP contribution in [0.25, 0.3) is 17.2 Å². The van der Waals surface area contributed by atoms with Gasteiger partial charge >= 0.3 is 3.93 Å². The Morgan fingerprint density at radius 3 is 2.60 bits per heavy atom. The van der Waals surface area contributed by atoms with Gasteiger partial charge in [0.1, 0.15) is 24.7 Å². The standard InChI is InChI=1S/C36H32ClF3IN9O5/c1-3-26-30(47-10-12-48(13-11-47)33(53)29-31(52)19(2)42-18-43-29)34(54)50-35(45-32(46-50)20-4-6-23-21(14-20)17-55-27(23)8-9-38)49(26)16-28(51)44-25-7-5-22(15-24(25)37)36(39,40)41/h4-9,14-15,18,27,52H,3,10-13,16-17H2,1-2H3,(H,44,51)/b9-8-. The van der Waals surface area contributed by atoms with Crippen molar-refractivity contribution < 1.29 is 32.6 Å². The number of alkyl halides is 3. The molecule has 286 valence electrons. The molecule has 5 aromatic rings. The van der Waals surface area contributed by atoms with Crippen LogP contribution in [0.4, 0.5) is 24.5 Å². The van der Waals surface area contributed by atoms with Gasteiger partial charge < -0.3 is 29.5 Å². The molecule has 1 saturated heterocycles. The summed E-state index contributed by atoms with van der Waals surface area (Å²) in [5, 5.41) is 17.6. The van der Waals surface area contributed by atoms with E-state index >= 15 is 0 Å². The van der Waals surface area contributed by atoms with Gasteiger partial charge in [-0.15, -0.1) is 5.10 Å². The number of nitrogens with one attached hydrogen (secondary N) is 1. The van der Waals surface area contributed by atoms with E-state index in [0.717, 1.165) is 44.3 Å². The fourth-order valence-electron chi connectivity index (χ4n) is 6.73. The van der Waals surface area contributed by atoms with Crippen molar-refractivity contribution in [2.75, 3.05) is 36.4 Å². The maximum atomic E-state index is 14.4. The average Bonchev–Trinajstić information content (AvgIpc) is 3.79. The van der Waals surface area contributed by atoms with Gasteiger partial charge in [-0.05, 0) is 48.7 Å². The summed E-state index contributed by atoms with van der Waals surface area (Å²) in [6, 6.07) is 8.86. The Balaban J connectivity index is 1.26. The number of carbonyl (C=O) groups excluding carboxylic acids is 2. The fourth-order valence-corrected chi connectivity index (χ4v) is 7.29. The Morgan fingerprint density at radius 1 is 1.15 bits per heavy atom. The summed E-state index contributed by atoms with van der Waals surface area (Å²) < 4.78 is 46.0. The van der Waals surface area contributed by atoms with Gasteiger partial charge in [-0.25, -0.2) is 14.4 Å². The van der Waals surface area contributed by atoms with Crippen LogP contribution in [0.5, 0.6) is 5.75 Å². The highest BCUT2D eigenvalue weighted by molar-refractivity contribution is 14.1. The quantitative estimate of drug-likeness (QED) is 0.139. The zero-order valence-corrected chi connectivity index (χ0v) is 32.2. The molecule has 1 unspecified atom stereocenters. The molecule has 2 amide bonds. The third-order valence-corrected chi connectivity index (χ3v) is 10.4. The lowest BCUT2D eigenvalue weighted by Crippen LogP contribution is -2.51. The molecule has 14 nitrogen and oxygen atoms in total. The second-order valence-corrected chi connectivity index (χ2v) is 14.6. The Kier molecular flexibility index (Phi) is 10.6. The van der Waals surface area contributed by atoms with Crippen LogP contribution in [-0.4, -0.2) is 77.1 Å². The van der Waals surface area contributed by atoms with Crippen molar-refractivity contribution in [2.24, 2.45) is 0 Å². The molecule has 2 N–H and O–H groups in total. The molecule has 19 heteroatoms. The predicted octanol–water partition coefficient (Wildman–Crippen LogP) is 5.72. The van der Waals surface area contributed by atoms with E-state index in [0.29, 0.717) is 17.6 Å². The van der Waals surface area contributed by atoms with Crippen molar-refractivity contribution >= 4 is 63.2 Å². The van der Waals surface area contributed by atoms with E-state index in [1.807, 2.05) is 11.8 Å². The van der Waals surface area contributed by atoms with Gasteiger partial charge in [0.2, 0.25) is 11.7 Å². The maximum absolute atomic E-state index is 14.4. The molecule has 7 rings (SSSR count). The molecule has 3 aromatic heterocycles. The highest BCUT2D eigenvalue weighted by Gasteiger charge is 2.32. The average molecular weight is 890 g/mol. The molecular formula is C36H32ClF3IN9O5. The van der Waals surface area contributed by atoms with Crippen molar-refractivity contribution in [1.82, 2.24) is 34.0 Å². The number of fused-ring (bicyclic) bond motifs is 2. The fraction of sp³-hybridized carbons (Fsp3) is 0.306. The van der Waals surface area contributed by atoms with Crippen LogP contribution in [0.15, 0.2) is 59.9 Å². The van der Waals surface area contributed by atoms with Gasteiger partial charge in [0, 0.05) is 59.9 Å². The summed E-state index contributed by atoms with van der Waals surface area (Å²) in [5.74, 6) is -1.11. The molecule has 1 fully saturated rings. The first-order chi connectivity index (χ1) is 26.3. The molecule has 0 radical (unpaired) electrons. The number of benzene rings is 2. The first kappa shape index (κ1) is 38.2. The van der Waals surface area contributed by atoms with Crippen LogP contribution in [-0.2, 0) is 33.0 Å². The molecule has 0 bridgehead atoms. The Morgan fingerprint density at radius 2 is 1.91 bits per heavy atom. The number of halogens is 5. The highest BCUT2D eigenvalue weighted by Crippen LogP contribution is 2.38. The van der Waals surface area contributed by atoms with E-state index in [1.165, 1.54) is 29.4 Å². The van der Waals surface area contributed by atoms with Gasteiger partial charge in [-0.2, -0.15) is 18.3 Å². The number of anilines is 2. The normalized spacial score (nSPS) is 15.9. The molecule has 0 spiro atoms. The number of piperazine rings is 1. The molecule has 0 aliphatic carbocycles. The second kappa shape index (κ2) is 15.2. The van der Waals surface area contributed by atoms with Crippen molar-refractivity contribution in [2.45, 2.75) is 43.5 Å². The van der Waals surface area contributed by atoms with Crippen LogP contribution >= 0.6 is 34.2 Å². The first-order valence-electron chi connectivity index (χ1n) is 17.0. The van der Waals surface area contributed by atoms with Gasteiger partial charge in [0.15, 0.2) is 17.3 Å². The third kappa shape index (κ3) is 7.37. The van der Waals surface area contributed by atoms with Crippen LogP contribution in [0, 0.1) is 6.92 Å². The number of aromatic hydroxyl groups is 1. The van der Waals surface area contributed by atoms with E-state index in [2.05, 4.69) is 20.4 Å². The maximum Gasteiger partial charge on any atom is 0.321 e. The van der Waals surface area contributed by atoms with Crippen LogP contribution in [0.3, 0.4) is 0 Å². The monoisotopic (exact) mass is 889 g/mol. The van der Waals surface area contributed by atoms with Crippen molar-refractivity contribution in [3.8, 4) is 17.1 Å². The van der Waals surface area contributed by atoms with Crippen molar-refractivity contribution in [1.29, 1.82) is 0 Å². The lowest BCUT2D eigenvalue weighted by Gasteiger charge is -2.36. The van der Waals surface area contributed by atoms with E-state index < -0.39 is 27.4 Å². The summed E-state index contributed by atoms with van der Waals surface area (Å²) in [6.45, 7) is 4.07. The lowest BCUT2D eigenvalue weighted by atomic mass is 10.0. The van der Waals surface area contributed by atoms with E-state index in [-0.39, 0.29) is 96.5 Å². The topological polar surface area (TPSA) is 160 Å². The Labute approximate surface area is 329 Å². The largest absolute Gasteiger partial charge is 0.504 e. The number of amides is 2. The lowest BCUT2D eigenvalue weighted by molar-refractivity contribution is -0.116. The highest BCUT2D eigenvalue weighted by atomic mass is 127. The minimum absolute atomic E-state index is 0.0696. The molecule has 2 aliphatic rings. The van der Waals surface area contributed by atoms with Crippen LogP contribution in [0.2, 0.25) is 5.02 Å². The number of aryl methyl sites for hydroxylation is 1.